The van der Waals surface area contributed by atoms with Crippen LogP contribution in [0.3, 0.4) is 0 Å². The lowest BCUT2D eigenvalue weighted by Gasteiger charge is -2.19. The quantitative estimate of drug-likeness (QED) is 0.609. The Morgan fingerprint density at radius 2 is 1.38 bits per heavy atom. The molecule has 0 nitrogen and oxygen atoms in total. The predicted octanol–water partition coefficient (Wildman–Crippen LogP) is 3.74. The minimum atomic E-state index is -5.79. The van der Waals surface area contributed by atoms with E-state index in [1.807, 2.05) is 0 Å². The van der Waals surface area contributed by atoms with Crippen molar-refractivity contribution in [2.24, 2.45) is 0 Å². The fourth-order valence-electron chi connectivity index (χ4n) is 0.500. The van der Waals surface area contributed by atoms with Gasteiger partial charge in [0.2, 0.25) is 0 Å². The first-order valence-corrected chi connectivity index (χ1v) is 3.03. The number of allylic oxidation sites excluding steroid dienone is 1. The summed E-state index contributed by atoms with van der Waals surface area (Å²) in [5.74, 6) is -5.10. The van der Waals surface area contributed by atoms with E-state index in [4.69, 9.17) is 0 Å². The maximum absolute atomic E-state index is 12.0. The molecule has 0 fully saturated rings. The molecular formula is C6H5F7. The third-order valence-corrected chi connectivity index (χ3v) is 1.22. The smallest absolute Gasteiger partial charge is 0.196 e. The van der Waals surface area contributed by atoms with Gasteiger partial charge in [-0.2, -0.15) is 30.7 Å². The zero-order valence-corrected chi connectivity index (χ0v) is 6.35. The number of alkyl halides is 5. The fourth-order valence-corrected chi connectivity index (χ4v) is 0.500. The van der Waals surface area contributed by atoms with Crippen LogP contribution < -0.4 is 0 Å². The summed E-state index contributed by atoms with van der Waals surface area (Å²) in [4.78, 5) is 0. The number of hydrogen-bond donors (Lipinski definition) is 0. The summed E-state index contributed by atoms with van der Waals surface area (Å²) in [6.45, 7) is 0.523. The van der Waals surface area contributed by atoms with E-state index in [0.717, 1.165) is 0 Å². The van der Waals surface area contributed by atoms with Crippen molar-refractivity contribution in [1.82, 2.24) is 0 Å². The largest absolute Gasteiger partial charge is 0.453 e. The van der Waals surface area contributed by atoms with Crippen LogP contribution in [0.25, 0.3) is 0 Å². The van der Waals surface area contributed by atoms with Crippen molar-refractivity contribution < 1.29 is 30.7 Å². The molecule has 0 aliphatic heterocycles. The maximum atomic E-state index is 12.0. The van der Waals surface area contributed by atoms with Crippen LogP contribution in [0.4, 0.5) is 30.7 Å². The minimum absolute atomic E-state index is 0.523. The average Bonchev–Trinajstić information content (AvgIpc) is 1.83. The molecule has 0 aliphatic carbocycles. The monoisotopic (exact) mass is 210 g/mol. The Kier molecular flexibility index (Phi) is 3.34. The summed E-state index contributed by atoms with van der Waals surface area (Å²) in [6.07, 6.45) is -10.3. The van der Waals surface area contributed by atoms with Gasteiger partial charge in [0.05, 0.1) is 0 Å². The van der Waals surface area contributed by atoms with Gasteiger partial charge in [-0.3, -0.25) is 0 Å². The molecule has 0 atom stereocenters. The average molecular weight is 210 g/mol. The highest BCUT2D eigenvalue weighted by Crippen LogP contribution is 2.40. The second-order valence-electron chi connectivity index (χ2n) is 2.42. The molecule has 0 heterocycles. The van der Waals surface area contributed by atoms with Gasteiger partial charge in [-0.1, -0.05) is 0 Å². The Hall–Kier alpha value is -0.750. The van der Waals surface area contributed by atoms with E-state index in [2.05, 4.69) is 0 Å². The third kappa shape index (κ3) is 3.23. The number of halogens is 7. The summed E-state index contributed by atoms with van der Waals surface area (Å²) in [5.41, 5.74) is -1.26. The zero-order valence-electron chi connectivity index (χ0n) is 6.35. The van der Waals surface area contributed by atoms with Gasteiger partial charge >= 0.3 is 12.1 Å². The first-order chi connectivity index (χ1) is 5.58. The molecule has 0 spiro atoms. The van der Waals surface area contributed by atoms with Gasteiger partial charge in [0.25, 0.3) is 6.08 Å². The molecule has 0 saturated carbocycles. The van der Waals surface area contributed by atoms with Crippen molar-refractivity contribution in [1.29, 1.82) is 0 Å². The molecule has 0 aliphatic rings. The predicted molar refractivity (Wildman–Crippen MR) is 30.5 cm³/mol. The fraction of sp³-hybridized carbons (Fsp3) is 0.667. The van der Waals surface area contributed by atoms with E-state index < -0.39 is 30.2 Å². The highest BCUT2D eigenvalue weighted by atomic mass is 19.4. The van der Waals surface area contributed by atoms with Crippen molar-refractivity contribution in [3.05, 3.63) is 11.7 Å². The normalized spacial score (nSPS) is 12.9. The highest BCUT2D eigenvalue weighted by Gasteiger charge is 2.57. The molecule has 13 heavy (non-hydrogen) atoms. The van der Waals surface area contributed by atoms with Crippen LogP contribution in [0.5, 0.6) is 0 Å². The van der Waals surface area contributed by atoms with Gasteiger partial charge in [-0.25, -0.2) is 0 Å². The van der Waals surface area contributed by atoms with Crippen LogP contribution in [-0.2, 0) is 0 Å². The van der Waals surface area contributed by atoms with Crippen molar-refractivity contribution in [3.63, 3.8) is 0 Å². The number of rotatable bonds is 2. The summed E-state index contributed by atoms with van der Waals surface area (Å²) >= 11 is 0. The molecule has 0 amide bonds. The second kappa shape index (κ2) is 3.55. The molecule has 0 aromatic carbocycles. The standard InChI is InChI=1S/C6H5F7/c1-3(4(7)8)2-5(9,10)6(11,12)13/h2H2,1H3. The molecule has 0 N–H and O–H groups in total. The van der Waals surface area contributed by atoms with Crippen molar-refractivity contribution >= 4 is 0 Å². The van der Waals surface area contributed by atoms with Gasteiger partial charge in [0.15, 0.2) is 0 Å². The molecule has 7 heteroatoms. The van der Waals surface area contributed by atoms with Gasteiger partial charge in [0, 0.05) is 6.42 Å². The minimum Gasteiger partial charge on any atom is -0.196 e. The first-order valence-electron chi connectivity index (χ1n) is 3.03. The van der Waals surface area contributed by atoms with Crippen molar-refractivity contribution in [2.45, 2.75) is 25.4 Å². The Morgan fingerprint density at radius 3 is 1.62 bits per heavy atom. The summed E-state index contributed by atoms with van der Waals surface area (Å²) in [5, 5.41) is 0. The van der Waals surface area contributed by atoms with Crippen LogP contribution in [0.1, 0.15) is 13.3 Å². The summed E-state index contributed by atoms with van der Waals surface area (Å²) in [7, 11) is 0. The molecule has 0 aromatic heterocycles. The van der Waals surface area contributed by atoms with Crippen LogP contribution in [0.15, 0.2) is 11.7 Å². The second-order valence-corrected chi connectivity index (χ2v) is 2.42. The van der Waals surface area contributed by atoms with Gasteiger partial charge in [0.1, 0.15) is 0 Å². The van der Waals surface area contributed by atoms with E-state index in [9.17, 15) is 30.7 Å². The lowest BCUT2D eigenvalue weighted by atomic mass is 10.1. The van der Waals surface area contributed by atoms with E-state index >= 15 is 0 Å². The van der Waals surface area contributed by atoms with Gasteiger partial charge < -0.3 is 0 Å². The van der Waals surface area contributed by atoms with Gasteiger partial charge in [-0.05, 0) is 12.5 Å². The lowest BCUT2D eigenvalue weighted by Crippen LogP contribution is -2.36. The molecule has 0 rings (SSSR count). The SMILES string of the molecule is CC(CC(F)(F)C(F)(F)F)=C(F)F. The number of hydrogen-bond acceptors (Lipinski definition) is 0. The van der Waals surface area contributed by atoms with Gasteiger partial charge in [-0.15, -0.1) is 0 Å². The van der Waals surface area contributed by atoms with E-state index in [1.54, 1.807) is 0 Å². The molecule has 0 radical (unpaired) electrons. The van der Waals surface area contributed by atoms with E-state index in [1.165, 1.54) is 0 Å². The van der Waals surface area contributed by atoms with Crippen molar-refractivity contribution in [3.8, 4) is 0 Å². The molecule has 0 aromatic rings. The summed E-state index contributed by atoms with van der Waals surface area (Å²) in [6, 6.07) is 0. The van der Waals surface area contributed by atoms with E-state index in [-0.39, 0.29) is 0 Å². The maximum Gasteiger partial charge on any atom is 0.453 e. The highest BCUT2D eigenvalue weighted by molar-refractivity contribution is 5.03. The Balaban J connectivity index is 4.63. The van der Waals surface area contributed by atoms with Crippen LogP contribution in [-0.4, -0.2) is 12.1 Å². The topological polar surface area (TPSA) is 0 Å². The first kappa shape index (κ1) is 12.2. The lowest BCUT2D eigenvalue weighted by molar-refractivity contribution is -0.281. The molecule has 78 valence electrons. The zero-order chi connectivity index (χ0) is 10.9. The Bertz CT molecular complexity index is 208. The Morgan fingerprint density at radius 1 is 1.00 bits per heavy atom. The van der Waals surface area contributed by atoms with Crippen LogP contribution >= 0.6 is 0 Å². The van der Waals surface area contributed by atoms with E-state index in [0.29, 0.717) is 6.92 Å². The van der Waals surface area contributed by atoms with Crippen molar-refractivity contribution in [2.75, 3.05) is 0 Å². The molecular weight excluding hydrogens is 205 g/mol. The molecule has 0 saturated heterocycles. The van der Waals surface area contributed by atoms with Crippen LogP contribution in [0.2, 0.25) is 0 Å². The Labute approximate surface area is 69.0 Å². The third-order valence-electron chi connectivity index (χ3n) is 1.22. The molecule has 0 bridgehead atoms. The van der Waals surface area contributed by atoms with Crippen LogP contribution in [0, 0.1) is 0 Å². The molecule has 0 unspecified atom stereocenters. The summed E-state index contributed by atoms with van der Waals surface area (Å²) < 4.78 is 81.5.